The van der Waals surface area contributed by atoms with Crippen molar-refractivity contribution in [1.29, 1.82) is 0 Å². The smallest absolute Gasteiger partial charge is 0.328 e. The maximum atomic E-state index is 12.0. The van der Waals surface area contributed by atoms with Gasteiger partial charge in [-0.05, 0) is 24.0 Å². The Balaban J connectivity index is 2.79. The van der Waals surface area contributed by atoms with Crippen LogP contribution in [-0.4, -0.2) is 36.2 Å². The molecule has 1 aromatic carbocycles. The Morgan fingerprint density at radius 3 is 2.50 bits per heavy atom. The lowest BCUT2D eigenvalue weighted by Crippen LogP contribution is -2.47. The van der Waals surface area contributed by atoms with Gasteiger partial charge in [0, 0.05) is 10.9 Å². The molecule has 0 radical (unpaired) electrons. The molecular weight excluding hydrogens is 350 g/mol. The number of ether oxygens (including phenoxy) is 1. The summed E-state index contributed by atoms with van der Waals surface area (Å²) in [4.78, 5) is 23.9. The number of carbonyl (C=O) groups excluding carboxylic acids is 2. The topological polar surface area (TPSA) is 75.6 Å². The normalized spacial score (nSPS) is 13.5. The van der Waals surface area contributed by atoms with Crippen molar-refractivity contribution in [3.8, 4) is 0 Å². The molecule has 22 heavy (non-hydrogen) atoms. The Kier molecular flexibility index (Phi) is 7.55. The van der Waals surface area contributed by atoms with E-state index in [-0.39, 0.29) is 12.3 Å². The van der Waals surface area contributed by atoms with Gasteiger partial charge in [-0.1, -0.05) is 48.0 Å². The van der Waals surface area contributed by atoms with Crippen LogP contribution in [0.25, 0.3) is 0 Å². The second-order valence-electron chi connectivity index (χ2n) is 5.53. The zero-order valence-corrected chi connectivity index (χ0v) is 14.6. The molecular formula is C16H22BrNO4. The van der Waals surface area contributed by atoms with Crippen molar-refractivity contribution < 1.29 is 19.4 Å². The first-order valence-corrected chi connectivity index (χ1v) is 7.94. The largest absolute Gasteiger partial charge is 0.467 e. The molecule has 1 amide bonds. The minimum absolute atomic E-state index is 0.181. The number of methoxy groups -OCH3 is 1. The Labute approximate surface area is 139 Å². The third kappa shape index (κ3) is 5.77. The van der Waals surface area contributed by atoms with Gasteiger partial charge in [0.1, 0.15) is 12.1 Å². The van der Waals surface area contributed by atoms with E-state index in [0.717, 1.165) is 10.0 Å². The molecule has 0 heterocycles. The lowest BCUT2D eigenvalue weighted by atomic mass is 10.0. The number of halogens is 1. The summed E-state index contributed by atoms with van der Waals surface area (Å²) in [6.45, 7) is 3.82. The van der Waals surface area contributed by atoms with E-state index in [0.29, 0.717) is 6.42 Å². The number of aliphatic hydroxyl groups excluding tert-OH is 1. The molecule has 0 unspecified atom stereocenters. The number of benzene rings is 1. The first-order valence-electron chi connectivity index (χ1n) is 7.14. The average Bonchev–Trinajstić information content (AvgIpc) is 2.47. The summed E-state index contributed by atoms with van der Waals surface area (Å²) in [5.41, 5.74) is 0.872. The lowest BCUT2D eigenvalue weighted by Gasteiger charge is -2.20. The molecule has 1 rings (SSSR count). The maximum Gasteiger partial charge on any atom is 0.328 e. The van der Waals surface area contributed by atoms with Crippen LogP contribution in [0.2, 0.25) is 0 Å². The van der Waals surface area contributed by atoms with Gasteiger partial charge in [-0.15, -0.1) is 0 Å². The molecule has 0 aliphatic carbocycles. The maximum absolute atomic E-state index is 12.0. The van der Waals surface area contributed by atoms with Crippen molar-refractivity contribution in [2.45, 2.75) is 38.8 Å². The number of hydrogen-bond acceptors (Lipinski definition) is 4. The van der Waals surface area contributed by atoms with Gasteiger partial charge in [-0.25, -0.2) is 4.79 Å². The van der Waals surface area contributed by atoms with Crippen LogP contribution in [0.5, 0.6) is 0 Å². The molecule has 0 aromatic heterocycles. The molecule has 0 bridgehead atoms. The summed E-state index contributed by atoms with van der Waals surface area (Å²) in [6, 6.07) is 6.60. The molecule has 122 valence electrons. The quantitative estimate of drug-likeness (QED) is 0.719. The first-order chi connectivity index (χ1) is 10.3. The molecule has 0 saturated carbocycles. The number of esters is 1. The van der Waals surface area contributed by atoms with Crippen molar-refractivity contribution in [1.82, 2.24) is 5.32 Å². The van der Waals surface area contributed by atoms with Gasteiger partial charge in [0.2, 0.25) is 5.91 Å². The van der Waals surface area contributed by atoms with Crippen molar-refractivity contribution in [2.75, 3.05) is 7.11 Å². The van der Waals surface area contributed by atoms with Crippen LogP contribution < -0.4 is 5.32 Å². The number of aliphatic hydroxyl groups is 1. The SMILES string of the molecule is COC(=O)[C@H](Cc1ccccc1Br)NC(=O)[C@@H](O)CC(C)C. The summed E-state index contributed by atoms with van der Waals surface area (Å²) < 4.78 is 5.58. The van der Waals surface area contributed by atoms with Crippen LogP contribution >= 0.6 is 15.9 Å². The molecule has 5 nitrogen and oxygen atoms in total. The number of carbonyl (C=O) groups is 2. The Morgan fingerprint density at radius 2 is 1.95 bits per heavy atom. The van der Waals surface area contributed by atoms with Crippen LogP contribution in [-0.2, 0) is 20.7 Å². The molecule has 0 aliphatic heterocycles. The molecule has 0 saturated heterocycles. The molecule has 2 N–H and O–H groups in total. The van der Waals surface area contributed by atoms with E-state index in [1.807, 2.05) is 38.1 Å². The molecule has 0 aliphatic rings. The van der Waals surface area contributed by atoms with Gasteiger partial charge in [-0.3, -0.25) is 4.79 Å². The number of nitrogens with one attached hydrogen (secondary N) is 1. The van der Waals surface area contributed by atoms with Crippen LogP contribution in [0.3, 0.4) is 0 Å². The van der Waals surface area contributed by atoms with Crippen molar-refractivity contribution >= 4 is 27.8 Å². The lowest BCUT2D eigenvalue weighted by molar-refractivity contribution is -0.146. The second-order valence-corrected chi connectivity index (χ2v) is 6.38. The van der Waals surface area contributed by atoms with E-state index in [1.165, 1.54) is 7.11 Å². The van der Waals surface area contributed by atoms with Crippen LogP contribution in [0.4, 0.5) is 0 Å². The van der Waals surface area contributed by atoms with Crippen LogP contribution in [0.1, 0.15) is 25.8 Å². The molecule has 0 spiro atoms. The Bertz CT molecular complexity index is 519. The van der Waals surface area contributed by atoms with Crippen LogP contribution in [0, 0.1) is 5.92 Å². The zero-order valence-electron chi connectivity index (χ0n) is 13.0. The predicted octanol–water partition coefficient (Wildman–Crippen LogP) is 2.06. The highest BCUT2D eigenvalue weighted by Crippen LogP contribution is 2.18. The van der Waals surface area contributed by atoms with Gasteiger partial charge >= 0.3 is 5.97 Å². The number of hydrogen-bond donors (Lipinski definition) is 2. The van der Waals surface area contributed by atoms with E-state index >= 15 is 0 Å². The summed E-state index contributed by atoms with van der Waals surface area (Å²) in [5, 5.41) is 12.4. The standard InChI is InChI=1S/C16H22BrNO4/c1-10(2)8-14(19)15(20)18-13(16(21)22-3)9-11-6-4-5-7-12(11)17/h4-7,10,13-14,19H,8-9H2,1-3H3,(H,18,20)/t13-,14-/m0/s1. The fourth-order valence-electron chi connectivity index (χ4n) is 2.04. The van der Waals surface area contributed by atoms with E-state index in [9.17, 15) is 14.7 Å². The minimum Gasteiger partial charge on any atom is -0.467 e. The third-order valence-electron chi connectivity index (χ3n) is 3.18. The number of rotatable bonds is 7. The monoisotopic (exact) mass is 371 g/mol. The number of amides is 1. The van der Waals surface area contributed by atoms with Crippen molar-refractivity contribution in [3.63, 3.8) is 0 Å². The zero-order chi connectivity index (χ0) is 16.7. The minimum atomic E-state index is -1.13. The summed E-state index contributed by atoms with van der Waals surface area (Å²) in [7, 11) is 1.27. The average molecular weight is 372 g/mol. The summed E-state index contributed by atoms with van der Waals surface area (Å²) >= 11 is 3.41. The van der Waals surface area contributed by atoms with Gasteiger partial charge in [-0.2, -0.15) is 0 Å². The van der Waals surface area contributed by atoms with Gasteiger partial charge in [0.15, 0.2) is 0 Å². The van der Waals surface area contributed by atoms with Gasteiger partial charge < -0.3 is 15.2 Å². The fourth-order valence-corrected chi connectivity index (χ4v) is 2.49. The van der Waals surface area contributed by atoms with Gasteiger partial charge in [0.05, 0.1) is 7.11 Å². The molecule has 2 atom stereocenters. The van der Waals surface area contributed by atoms with Crippen molar-refractivity contribution in [3.05, 3.63) is 34.3 Å². The Hall–Kier alpha value is -1.40. The van der Waals surface area contributed by atoms with E-state index in [1.54, 1.807) is 0 Å². The fraction of sp³-hybridized carbons (Fsp3) is 0.500. The van der Waals surface area contributed by atoms with Crippen molar-refractivity contribution in [2.24, 2.45) is 5.92 Å². The highest BCUT2D eigenvalue weighted by Gasteiger charge is 2.26. The van der Waals surface area contributed by atoms with Gasteiger partial charge in [0.25, 0.3) is 0 Å². The summed E-state index contributed by atoms with van der Waals surface area (Å²) in [6.07, 6.45) is -0.505. The highest BCUT2D eigenvalue weighted by atomic mass is 79.9. The predicted molar refractivity (Wildman–Crippen MR) is 87.3 cm³/mol. The highest BCUT2D eigenvalue weighted by molar-refractivity contribution is 9.10. The molecule has 6 heteroatoms. The third-order valence-corrected chi connectivity index (χ3v) is 3.96. The first kappa shape index (κ1) is 18.6. The van der Waals surface area contributed by atoms with E-state index in [2.05, 4.69) is 21.2 Å². The Morgan fingerprint density at radius 1 is 1.32 bits per heavy atom. The molecule has 0 fully saturated rings. The van der Waals surface area contributed by atoms with Crippen LogP contribution in [0.15, 0.2) is 28.7 Å². The molecule has 1 aromatic rings. The van der Waals surface area contributed by atoms with E-state index in [4.69, 9.17) is 4.74 Å². The second kappa shape index (κ2) is 8.90. The van der Waals surface area contributed by atoms with E-state index < -0.39 is 24.0 Å². The summed E-state index contributed by atoms with van der Waals surface area (Å²) in [5.74, 6) is -0.919.